The SMILES string of the molecule is Cc1ccc(S(=O)(=O)N(CC(=O)N(Cc2cccc(Br)c2)[C@@H](C)C(=O)NCC(C)C)c2cccc(Cl)c2)cc1. The van der Waals surface area contributed by atoms with E-state index in [4.69, 9.17) is 11.6 Å². The van der Waals surface area contributed by atoms with Gasteiger partial charge in [0.15, 0.2) is 0 Å². The fraction of sp³-hybridized carbons (Fsp3) is 0.310. The van der Waals surface area contributed by atoms with E-state index >= 15 is 0 Å². The fourth-order valence-electron chi connectivity index (χ4n) is 3.86. The molecule has 0 spiro atoms. The molecule has 0 bridgehead atoms. The third-order valence-electron chi connectivity index (χ3n) is 6.08. The second-order valence-corrected chi connectivity index (χ2v) is 13.0. The van der Waals surface area contributed by atoms with Gasteiger partial charge in [0.25, 0.3) is 10.0 Å². The quantitative estimate of drug-likeness (QED) is 0.289. The summed E-state index contributed by atoms with van der Waals surface area (Å²) in [5.41, 5.74) is 1.94. The molecule has 3 aromatic rings. The molecule has 0 aliphatic heterocycles. The molecule has 7 nitrogen and oxygen atoms in total. The minimum Gasteiger partial charge on any atom is -0.354 e. The van der Waals surface area contributed by atoms with Crippen LogP contribution in [0, 0.1) is 12.8 Å². The maximum atomic E-state index is 13.9. The van der Waals surface area contributed by atoms with Crippen LogP contribution in [-0.2, 0) is 26.2 Å². The highest BCUT2D eigenvalue weighted by Crippen LogP contribution is 2.27. The Morgan fingerprint density at radius 3 is 2.26 bits per heavy atom. The van der Waals surface area contributed by atoms with Gasteiger partial charge in [-0.15, -0.1) is 0 Å². The molecule has 3 rings (SSSR count). The molecule has 3 aromatic carbocycles. The van der Waals surface area contributed by atoms with Crippen molar-refractivity contribution in [2.24, 2.45) is 5.92 Å². The Kier molecular flexibility index (Phi) is 10.6. The van der Waals surface area contributed by atoms with Crippen LogP contribution in [0.3, 0.4) is 0 Å². The maximum absolute atomic E-state index is 13.9. The number of halogens is 2. The average Bonchev–Trinajstić information content (AvgIpc) is 2.88. The summed E-state index contributed by atoms with van der Waals surface area (Å²) >= 11 is 9.65. The van der Waals surface area contributed by atoms with Crippen molar-refractivity contribution in [2.75, 3.05) is 17.4 Å². The van der Waals surface area contributed by atoms with Crippen LogP contribution in [-0.4, -0.2) is 44.3 Å². The minimum atomic E-state index is -4.14. The summed E-state index contributed by atoms with van der Waals surface area (Å²) < 4.78 is 29.5. The number of hydrogen-bond acceptors (Lipinski definition) is 4. The summed E-state index contributed by atoms with van der Waals surface area (Å²) in [5, 5.41) is 3.21. The van der Waals surface area contributed by atoms with Crippen LogP contribution in [0.1, 0.15) is 31.9 Å². The number of nitrogens with zero attached hydrogens (tertiary/aromatic N) is 2. The van der Waals surface area contributed by atoms with E-state index in [1.807, 2.05) is 45.0 Å². The summed E-state index contributed by atoms with van der Waals surface area (Å²) in [7, 11) is -4.14. The number of aryl methyl sites for hydroxylation is 1. The normalized spacial score (nSPS) is 12.2. The number of carbonyl (C=O) groups excluding carboxylic acids is 2. The average molecular weight is 635 g/mol. The standard InChI is InChI=1S/C29H33BrClN3O4S/c1-20(2)17-32-29(36)22(4)33(18-23-7-5-8-24(30)15-23)28(35)19-34(26-10-6-9-25(31)16-26)39(37,38)27-13-11-21(3)12-14-27/h5-16,20,22H,17-19H2,1-4H3,(H,32,36)/t22-/m0/s1. The lowest BCUT2D eigenvalue weighted by molar-refractivity contribution is -0.139. The van der Waals surface area contributed by atoms with Gasteiger partial charge in [0.1, 0.15) is 12.6 Å². The van der Waals surface area contributed by atoms with Crippen LogP contribution < -0.4 is 9.62 Å². The van der Waals surface area contributed by atoms with Crippen molar-refractivity contribution < 1.29 is 18.0 Å². The molecule has 10 heteroatoms. The molecule has 0 saturated heterocycles. The van der Waals surface area contributed by atoms with Crippen LogP contribution >= 0.6 is 27.5 Å². The zero-order chi connectivity index (χ0) is 28.7. The first-order valence-corrected chi connectivity index (χ1v) is 15.2. The van der Waals surface area contributed by atoms with E-state index in [-0.39, 0.29) is 29.0 Å². The van der Waals surface area contributed by atoms with Gasteiger partial charge in [0.05, 0.1) is 10.6 Å². The summed E-state index contributed by atoms with van der Waals surface area (Å²) in [5.74, 6) is -0.617. The molecule has 0 saturated carbocycles. The van der Waals surface area contributed by atoms with Crippen LogP contribution in [0.25, 0.3) is 0 Å². The molecule has 0 unspecified atom stereocenters. The zero-order valence-electron chi connectivity index (χ0n) is 22.4. The van der Waals surface area contributed by atoms with E-state index < -0.39 is 28.5 Å². The molecule has 1 atom stereocenters. The first kappa shape index (κ1) is 30.7. The van der Waals surface area contributed by atoms with Crippen LogP contribution in [0.2, 0.25) is 5.02 Å². The highest BCUT2D eigenvalue weighted by Gasteiger charge is 2.32. The van der Waals surface area contributed by atoms with E-state index in [0.717, 1.165) is 19.9 Å². The fourth-order valence-corrected chi connectivity index (χ4v) is 5.90. The van der Waals surface area contributed by atoms with Gasteiger partial charge < -0.3 is 10.2 Å². The zero-order valence-corrected chi connectivity index (χ0v) is 25.6. The van der Waals surface area contributed by atoms with Crippen molar-refractivity contribution >= 4 is 55.1 Å². The van der Waals surface area contributed by atoms with Gasteiger partial charge in [-0.2, -0.15) is 0 Å². The first-order valence-electron chi connectivity index (χ1n) is 12.5. The van der Waals surface area contributed by atoms with E-state index in [2.05, 4.69) is 21.2 Å². The van der Waals surface area contributed by atoms with Gasteiger partial charge in [-0.25, -0.2) is 8.42 Å². The number of benzene rings is 3. The van der Waals surface area contributed by atoms with Crippen molar-refractivity contribution in [3.05, 3.63) is 93.4 Å². The van der Waals surface area contributed by atoms with Crippen molar-refractivity contribution in [3.63, 3.8) is 0 Å². The van der Waals surface area contributed by atoms with E-state index in [9.17, 15) is 18.0 Å². The third kappa shape index (κ3) is 8.30. The molecule has 0 aliphatic carbocycles. The smallest absolute Gasteiger partial charge is 0.264 e. The molecule has 0 radical (unpaired) electrons. The van der Waals surface area contributed by atoms with E-state index in [1.165, 1.54) is 23.1 Å². The molecule has 0 fully saturated rings. The third-order valence-corrected chi connectivity index (χ3v) is 8.59. The van der Waals surface area contributed by atoms with Crippen molar-refractivity contribution in [2.45, 2.75) is 45.2 Å². The molecule has 39 heavy (non-hydrogen) atoms. The number of rotatable bonds is 11. The number of anilines is 1. The molecule has 2 amide bonds. The van der Waals surface area contributed by atoms with Gasteiger partial charge in [-0.3, -0.25) is 13.9 Å². The number of sulfonamides is 1. The van der Waals surface area contributed by atoms with Gasteiger partial charge >= 0.3 is 0 Å². The second kappa shape index (κ2) is 13.5. The molecule has 0 heterocycles. The Hall–Kier alpha value is -2.88. The number of nitrogens with one attached hydrogen (secondary N) is 1. The van der Waals surface area contributed by atoms with Gasteiger partial charge in [-0.05, 0) is 67.8 Å². The van der Waals surface area contributed by atoms with Crippen molar-refractivity contribution in [3.8, 4) is 0 Å². The van der Waals surface area contributed by atoms with Gasteiger partial charge in [0.2, 0.25) is 11.8 Å². The Morgan fingerprint density at radius 1 is 0.974 bits per heavy atom. The van der Waals surface area contributed by atoms with Crippen LogP contribution in [0.15, 0.2) is 82.2 Å². The van der Waals surface area contributed by atoms with E-state index in [1.54, 1.807) is 37.3 Å². The monoisotopic (exact) mass is 633 g/mol. The minimum absolute atomic E-state index is 0.0436. The lowest BCUT2D eigenvalue weighted by Crippen LogP contribution is -2.51. The second-order valence-electron chi connectivity index (χ2n) is 9.77. The summed E-state index contributed by atoms with van der Waals surface area (Å²) in [6.45, 7) is 7.51. The lowest BCUT2D eigenvalue weighted by Gasteiger charge is -2.32. The van der Waals surface area contributed by atoms with Crippen molar-refractivity contribution in [1.29, 1.82) is 0 Å². The molecule has 0 aromatic heterocycles. The number of carbonyl (C=O) groups is 2. The first-order chi connectivity index (χ1) is 18.4. The highest BCUT2D eigenvalue weighted by molar-refractivity contribution is 9.10. The topological polar surface area (TPSA) is 86.8 Å². The lowest BCUT2D eigenvalue weighted by atomic mass is 10.1. The predicted molar refractivity (Wildman–Crippen MR) is 159 cm³/mol. The van der Waals surface area contributed by atoms with Crippen LogP contribution in [0.4, 0.5) is 5.69 Å². The number of hydrogen-bond donors (Lipinski definition) is 1. The Bertz CT molecular complexity index is 1410. The molecular weight excluding hydrogens is 602 g/mol. The van der Waals surface area contributed by atoms with Crippen LogP contribution in [0.5, 0.6) is 0 Å². The highest BCUT2D eigenvalue weighted by atomic mass is 79.9. The largest absolute Gasteiger partial charge is 0.354 e. The summed E-state index contributed by atoms with van der Waals surface area (Å²) in [6.07, 6.45) is 0. The Morgan fingerprint density at radius 2 is 1.64 bits per heavy atom. The maximum Gasteiger partial charge on any atom is 0.264 e. The molecular formula is C29H33BrClN3O4S. The molecule has 208 valence electrons. The Labute approximate surface area is 244 Å². The summed E-state index contributed by atoms with van der Waals surface area (Å²) in [4.78, 5) is 28.4. The predicted octanol–water partition coefficient (Wildman–Crippen LogP) is 5.80. The summed E-state index contributed by atoms with van der Waals surface area (Å²) in [6, 6.07) is 19.3. The van der Waals surface area contributed by atoms with Crippen molar-refractivity contribution in [1.82, 2.24) is 10.2 Å². The van der Waals surface area contributed by atoms with Gasteiger partial charge in [0, 0.05) is 22.6 Å². The van der Waals surface area contributed by atoms with Gasteiger partial charge in [-0.1, -0.05) is 77.3 Å². The number of amides is 2. The molecule has 1 N–H and O–H groups in total. The Balaban J connectivity index is 2.01. The molecule has 0 aliphatic rings. The van der Waals surface area contributed by atoms with E-state index in [0.29, 0.717) is 11.6 Å².